The van der Waals surface area contributed by atoms with E-state index in [9.17, 15) is 14.3 Å². The van der Waals surface area contributed by atoms with E-state index in [2.05, 4.69) is 0 Å². The number of rotatable bonds is 4. The van der Waals surface area contributed by atoms with Crippen molar-refractivity contribution in [2.75, 3.05) is 7.05 Å². The number of carbonyl (C=O) groups is 1. The predicted molar refractivity (Wildman–Crippen MR) is 81.9 cm³/mol. The molecule has 1 aliphatic carbocycles. The number of likely N-dealkylation sites (N-methyl/N-ethyl adjacent to an activating group) is 1. The third-order valence-corrected chi connectivity index (χ3v) is 4.30. The maximum atomic E-state index is 13.1. The van der Waals surface area contributed by atoms with Crippen molar-refractivity contribution in [2.45, 2.75) is 24.8 Å². The van der Waals surface area contributed by atoms with Crippen LogP contribution in [0.25, 0.3) is 0 Å². The van der Waals surface area contributed by atoms with Gasteiger partial charge in [-0.05, 0) is 36.6 Å². The molecule has 0 aliphatic heterocycles. The molecule has 22 heavy (non-hydrogen) atoms. The van der Waals surface area contributed by atoms with Gasteiger partial charge in [-0.1, -0.05) is 30.3 Å². The smallest absolute Gasteiger partial charge is 0.233 e. The second-order valence-electron chi connectivity index (χ2n) is 5.88. The van der Waals surface area contributed by atoms with Crippen LogP contribution in [-0.2, 0) is 16.8 Å². The Morgan fingerprint density at radius 2 is 1.82 bits per heavy atom. The fourth-order valence-corrected chi connectivity index (χ4v) is 2.86. The molecule has 0 bridgehead atoms. The van der Waals surface area contributed by atoms with E-state index in [1.54, 1.807) is 42.3 Å². The first-order valence-corrected chi connectivity index (χ1v) is 7.31. The minimum Gasteiger partial charge on any atom is -0.508 e. The summed E-state index contributed by atoms with van der Waals surface area (Å²) in [5.41, 5.74) is 1.06. The molecule has 0 saturated heterocycles. The van der Waals surface area contributed by atoms with Crippen LogP contribution in [0.5, 0.6) is 5.75 Å². The number of halogens is 1. The number of benzene rings is 2. The van der Waals surface area contributed by atoms with Crippen LogP contribution in [0.15, 0.2) is 48.5 Å². The first-order chi connectivity index (χ1) is 10.5. The topological polar surface area (TPSA) is 40.5 Å². The average molecular weight is 299 g/mol. The monoisotopic (exact) mass is 299 g/mol. The van der Waals surface area contributed by atoms with Gasteiger partial charge in [0.05, 0.1) is 5.41 Å². The molecule has 0 spiro atoms. The van der Waals surface area contributed by atoms with Gasteiger partial charge in [0.2, 0.25) is 5.91 Å². The van der Waals surface area contributed by atoms with Crippen LogP contribution >= 0.6 is 0 Å². The van der Waals surface area contributed by atoms with E-state index >= 15 is 0 Å². The molecule has 1 amide bonds. The molecule has 2 aromatic rings. The van der Waals surface area contributed by atoms with Crippen LogP contribution in [0.3, 0.4) is 0 Å². The molecule has 1 saturated carbocycles. The van der Waals surface area contributed by atoms with Crippen molar-refractivity contribution in [3.05, 3.63) is 65.5 Å². The standard InChI is InChI=1S/C18H18FNO2/c1-20(12-13-4-2-3-5-16(13)21)17(22)18(10-11-18)14-6-8-15(19)9-7-14/h2-9,21H,10-12H2,1H3. The van der Waals surface area contributed by atoms with E-state index in [0.717, 1.165) is 18.4 Å². The number of phenols is 1. The van der Waals surface area contributed by atoms with Gasteiger partial charge >= 0.3 is 0 Å². The first kappa shape index (κ1) is 14.6. The number of para-hydroxylation sites is 1. The van der Waals surface area contributed by atoms with Crippen LogP contribution in [0.1, 0.15) is 24.0 Å². The number of phenolic OH excluding ortho intramolecular Hbond substituents is 1. The van der Waals surface area contributed by atoms with Crippen LogP contribution < -0.4 is 0 Å². The van der Waals surface area contributed by atoms with Crippen molar-refractivity contribution in [1.29, 1.82) is 0 Å². The Morgan fingerprint density at radius 1 is 1.18 bits per heavy atom. The first-order valence-electron chi connectivity index (χ1n) is 7.31. The molecule has 0 atom stereocenters. The highest BCUT2D eigenvalue weighted by atomic mass is 19.1. The van der Waals surface area contributed by atoms with Gasteiger partial charge in [-0.25, -0.2) is 4.39 Å². The Kier molecular flexibility index (Phi) is 3.61. The summed E-state index contributed by atoms with van der Waals surface area (Å²) in [5, 5.41) is 9.83. The minimum atomic E-state index is -0.521. The van der Waals surface area contributed by atoms with Gasteiger partial charge in [0, 0.05) is 19.2 Å². The summed E-state index contributed by atoms with van der Waals surface area (Å²) in [6.07, 6.45) is 1.56. The Balaban J connectivity index is 1.78. The lowest BCUT2D eigenvalue weighted by atomic mass is 9.94. The van der Waals surface area contributed by atoms with Crippen molar-refractivity contribution in [1.82, 2.24) is 4.90 Å². The summed E-state index contributed by atoms with van der Waals surface area (Å²) >= 11 is 0. The molecule has 3 rings (SSSR count). The van der Waals surface area contributed by atoms with Crippen molar-refractivity contribution >= 4 is 5.91 Å². The van der Waals surface area contributed by atoms with Crippen molar-refractivity contribution < 1.29 is 14.3 Å². The number of amides is 1. The molecule has 3 nitrogen and oxygen atoms in total. The van der Waals surface area contributed by atoms with Crippen LogP contribution in [0.2, 0.25) is 0 Å². The molecule has 2 aromatic carbocycles. The average Bonchev–Trinajstić information content (AvgIpc) is 3.31. The molecule has 4 heteroatoms. The third kappa shape index (κ3) is 2.56. The van der Waals surface area contributed by atoms with E-state index in [1.807, 2.05) is 6.07 Å². The molecular formula is C18H18FNO2. The maximum absolute atomic E-state index is 13.1. The SMILES string of the molecule is CN(Cc1ccccc1O)C(=O)C1(c2ccc(F)cc2)CC1. The molecule has 0 aromatic heterocycles. The van der Waals surface area contributed by atoms with E-state index in [1.165, 1.54) is 12.1 Å². The van der Waals surface area contributed by atoms with Gasteiger partial charge in [-0.3, -0.25) is 4.79 Å². The fourth-order valence-electron chi connectivity index (χ4n) is 2.86. The molecule has 1 fully saturated rings. The van der Waals surface area contributed by atoms with Gasteiger partial charge in [-0.15, -0.1) is 0 Å². The predicted octanol–water partition coefficient (Wildman–Crippen LogP) is 3.22. The lowest BCUT2D eigenvalue weighted by Gasteiger charge is -2.24. The van der Waals surface area contributed by atoms with Gasteiger partial charge in [0.1, 0.15) is 11.6 Å². The van der Waals surface area contributed by atoms with Crippen molar-refractivity contribution in [3.8, 4) is 5.75 Å². The number of hydrogen-bond acceptors (Lipinski definition) is 2. The van der Waals surface area contributed by atoms with E-state index in [4.69, 9.17) is 0 Å². The van der Waals surface area contributed by atoms with Crippen molar-refractivity contribution in [3.63, 3.8) is 0 Å². The summed E-state index contributed by atoms with van der Waals surface area (Å²) < 4.78 is 13.1. The second-order valence-corrected chi connectivity index (χ2v) is 5.88. The summed E-state index contributed by atoms with van der Waals surface area (Å²) in [6, 6.07) is 13.2. The number of carbonyl (C=O) groups excluding carboxylic acids is 1. The zero-order valence-corrected chi connectivity index (χ0v) is 12.4. The van der Waals surface area contributed by atoms with Gasteiger partial charge in [-0.2, -0.15) is 0 Å². The molecule has 0 heterocycles. The molecule has 1 aliphatic rings. The summed E-state index contributed by atoms with van der Waals surface area (Å²) in [4.78, 5) is 14.4. The normalized spacial score (nSPS) is 15.4. The number of hydrogen-bond donors (Lipinski definition) is 1. The molecule has 114 valence electrons. The molecular weight excluding hydrogens is 281 g/mol. The number of nitrogens with zero attached hydrogens (tertiary/aromatic N) is 1. The highest BCUT2D eigenvalue weighted by Gasteiger charge is 2.52. The lowest BCUT2D eigenvalue weighted by Crippen LogP contribution is -2.36. The lowest BCUT2D eigenvalue weighted by molar-refractivity contribution is -0.133. The summed E-state index contributed by atoms with van der Waals surface area (Å²) in [5.74, 6) is -0.0919. The minimum absolute atomic E-state index is 0.0161. The van der Waals surface area contributed by atoms with Crippen LogP contribution in [-0.4, -0.2) is 23.0 Å². The Hall–Kier alpha value is -2.36. The Labute approximate surface area is 129 Å². The number of aromatic hydroxyl groups is 1. The zero-order valence-electron chi connectivity index (χ0n) is 12.4. The van der Waals surface area contributed by atoms with Gasteiger partial charge < -0.3 is 10.0 Å². The Morgan fingerprint density at radius 3 is 2.41 bits per heavy atom. The van der Waals surface area contributed by atoms with E-state index < -0.39 is 5.41 Å². The molecule has 0 radical (unpaired) electrons. The molecule has 1 N–H and O–H groups in total. The van der Waals surface area contributed by atoms with Crippen LogP contribution in [0, 0.1) is 5.82 Å². The highest BCUT2D eigenvalue weighted by molar-refractivity contribution is 5.91. The maximum Gasteiger partial charge on any atom is 0.233 e. The zero-order chi connectivity index (χ0) is 15.7. The van der Waals surface area contributed by atoms with Crippen LogP contribution in [0.4, 0.5) is 4.39 Å². The quantitative estimate of drug-likeness (QED) is 0.941. The third-order valence-electron chi connectivity index (χ3n) is 4.30. The largest absolute Gasteiger partial charge is 0.508 e. The Bertz CT molecular complexity index is 692. The summed E-state index contributed by atoms with van der Waals surface area (Å²) in [7, 11) is 1.73. The molecule has 0 unspecified atom stereocenters. The van der Waals surface area contributed by atoms with Gasteiger partial charge in [0.25, 0.3) is 0 Å². The highest BCUT2D eigenvalue weighted by Crippen LogP contribution is 2.49. The second kappa shape index (κ2) is 5.44. The van der Waals surface area contributed by atoms with E-state index in [-0.39, 0.29) is 17.5 Å². The van der Waals surface area contributed by atoms with Crippen molar-refractivity contribution in [2.24, 2.45) is 0 Å². The van der Waals surface area contributed by atoms with E-state index in [0.29, 0.717) is 12.1 Å². The van der Waals surface area contributed by atoms with Gasteiger partial charge in [0.15, 0.2) is 0 Å². The summed E-state index contributed by atoms with van der Waals surface area (Å²) in [6.45, 7) is 0.356. The fraction of sp³-hybridized carbons (Fsp3) is 0.278.